The van der Waals surface area contributed by atoms with Crippen LogP contribution < -0.4 is 0 Å². The second-order valence-electron chi connectivity index (χ2n) is 6.25. The molecule has 0 aliphatic rings. The van der Waals surface area contributed by atoms with Gasteiger partial charge >= 0.3 is 6.18 Å². The van der Waals surface area contributed by atoms with E-state index in [0.717, 1.165) is 22.5 Å². The van der Waals surface area contributed by atoms with Crippen molar-refractivity contribution in [2.75, 3.05) is 0 Å². The highest BCUT2D eigenvalue weighted by molar-refractivity contribution is 5.89. The number of benzene rings is 1. The van der Waals surface area contributed by atoms with E-state index in [2.05, 4.69) is 11.1 Å². The lowest BCUT2D eigenvalue weighted by Gasteiger charge is -2.12. The summed E-state index contributed by atoms with van der Waals surface area (Å²) in [4.78, 5) is 4.12. The molecule has 0 aliphatic carbocycles. The van der Waals surface area contributed by atoms with Crippen LogP contribution in [0, 0.1) is 18.3 Å². The Morgan fingerprint density at radius 3 is 2.77 bits per heavy atom. The second kappa shape index (κ2) is 6.68. The highest BCUT2D eigenvalue weighted by atomic mass is 19.4. The van der Waals surface area contributed by atoms with Crippen molar-refractivity contribution in [3.8, 4) is 6.07 Å². The van der Waals surface area contributed by atoms with Gasteiger partial charge in [0.25, 0.3) is 0 Å². The number of pyridine rings is 1. The van der Waals surface area contributed by atoms with Crippen LogP contribution in [-0.4, -0.2) is 9.55 Å². The summed E-state index contributed by atoms with van der Waals surface area (Å²) in [5, 5.41) is 9.90. The first-order valence-electron chi connectivity index (χ1n) is 7.97. The fourth-order valence-electron chi connectivity index (χ4n) is 2.99. The van der Waals surface area contributed by atoms with E-state index < -0.39 is 11.7 Å². The molecular weight excluding hydrogens is 339 g/mol. The summed E-state index contributed by atoms with van der Waals surface area (Å²) < 4.78 is 41.1. The third-order valence-corrected chi connectivity index (χ3v) is 4.08. The van der Waals surface area contributed by atoms with Crippen molar-refractivity contribution in [2.24, 2.45) is 0 Å². The number of halogens is 3. The number of alkyl halides is 3. The van der Waals surface area contributed by atoms with E-state index in [1.165, 1.54) is 6.07 Å². The molecule has 132 valence electrons. The first-order chi connectivity index (χ1) is 12.3. The minimum Gasteiger partial charge on any atom is -0.341 e. The van der Waals surface area contributed by atoms with Crippen LogP contribution in [-0.2, 0) is 12.7 Å². The van der Waals surface area contributed by atoms with Crippen LogP contribution in [0.2, 0.25) is 0 Å². The van der Waals surface area contributed by atoms with E-state index in [1.54, 1.807) is 38.4 Å². The molecule has 0 amide bonds. The quantitative estimate of drug-likeness (QED) is 0.595. The molecule has 0 radical (unpaired) electrons. The van der Waals surface area contributed by atoms with Gasteiger partial charge in [-0.05, 0) is 43.7 Å². The first-order valence-corrected chi connectivity index (χ1v) is 7.97. The van der Waals surface area contributed by atoms with E-state index in [4.69, 9.17) is 5.26 Å². The van der Waals surface area contributed by atoms with E-state index in [9.17, 15) is 13.2 Å². The summed E-state index contributed by atoms with van der Waals surface area (Å²) in [5.41, 5.74) is 2.67. The van der Waals surface area contributed by atoms with Crippen molar-refractivity contribution < 1.29 is 13.2 Å². The number of rotatable bonds is 3. The van der Waals surface area contributed by atoms with Crippen molar-refractivity contribution in [1.29, 1.82) is 5.26 Å². The van der Waals surface area contributed by atoms with Crippen LogP contribution in [0.5, 0.6) is 0 Å². The maximum absolute atomic E-state index is 13.1. The van der Waals surface area contributed by atoms with E-state index in [-0.39, 0.29) is 6.54 Å². The average Bonchev–Trinajstić information content (AvgIpc) is 2.91. The summed E-state index contributed by atoms with van der Waals surface area (Å²) in [7, 11) is 0. The molecule has 0 spiro atoms. The Hall–Kier alpha value is -3.07. The molecule has 0 N–H and O–H groups in total. The molecule has 3 nitrogen and oxygen atoms in total. The number of fused-ring (bicyclic) bond motifs is 1. The Morgan fingerprint density at radius 2 is 2.08 bits per heavy atom. The molecule has 2 heterocycles. The summed E-state index contributed by atoms with van der Waals surface area (Å²) in [5.74, 6) is 0. The molecule has 26 heavy (non-hydrogen) atoms. The zero-order valence-corrected chi connectivity index (χ0v) is 14.3. The number of nitrogens with zero attached hydrogens (tertiary/aromatic N) is 3. The van der Waals surface area contributed by atoms with Crippen molar-refractivity contribution >= 4 is 17.0 Å². The van der Waals surface area contributed by atoms with Crippen molar-refractivity contribution in [3.05, 3.63) is 70.7 Å². The minimum absolute atomic E-state index is 0.284. The first kappa shape index (κ1) is 17.7. The molecule has 0 fully saturated rings. The molecule has 0 atom stereocenters. The van der Waals surface area contributed by atoms with Crippen molar-refractivity contribution in [2.45, 2.75) is 26.6 Å². The molecule has 0 unspecified atom stereocenters. The highest BCUT2D eigenvalue weighted by Gasteiger charge is 2.30. The van der Waals surface area contributed by atoms with E-state index in [0.29, 0.717) is 16.7 Å². The van der Waals surface area contributed by atoms with Crippen LogP contribution in [0.15, 0.2) is 48.4 Å². The van der Waals surface area contributed by atoms with Gasteiger partial charge in [-0.1, -0.05) is 11.6 Å². The van der Waals surface area contributed by atoms with Crippen LogP contribution >= 0.6 is 0 Å². The van der Waals surface area contributed by atoms with Crippen molar-refractivity contribution in [1.82, 2.24) is 9.55 Å². The monoisotopic (exact) mass is 355 g/mol. The van der Waals surface area contributed by atoms with E-state index in [1.807, 2.05) is 16.8 Å². The van der Waals surface area contributed by atoms with E-state index >= 15 is 0 Å². The number of aromatic nitrogens is 2. The average molecular weight is 355 g/mol. The van der Waals surface area contributed by atoms with Crippen LogP contribution in [0.25, 0.3) is 17.0 Å². The number of allylic oxidation sites excluding steroid dienone is 1. The van der Waals surface area contributed by atoms with Crippen LogP contribution in [0.4, 0.5) is 13.2 Å². The Morgan fingerprint density at radius 1 is 1.31 bits per heavy atom. The predicted molar refractivity (Wildman–Crippen MR) is 94.3 cm³/mol. The van der Waals surface area contributed by atoms with Gasteiger partial charge in [0.1, 0.15) is 0 Å². The molecule has 6 heteroatoms. The third-order valence-electron chi connectivity index (χ3n) is 4.08. The fraction of sp³-hybridized carbons (Fsp3) is 0.200. The molecule has 3 rings (SSSR count). The maximum atomic E-state index is 13.1. The summed E-state index contributed by atoms with van der Waals surface area (Å²) in [6, 6.07) is 7.97. The summed E-state index contributed by atoms with van der Waals surface area (Å²) >= 11 is 0. The maximum Gasteiger partial charge on any atom is 0.416 e. The normalized spacial score (nSPS) is 12.4. The lowest BCUT2D eigenvalue weighted by Crippen LogP contribution is -2.07. The van der Waals surface area contributed by atoms with Gasteiger partial charge in [-0.3, -0.25) is 4.98 Å². The van der Waals surface area contributed by atoms with Gasteiger partial charge in [0.2, 0.25) is 0 Å². The zero-order chi connectivity index (χ0) is 18.9. The van der Waals surface area contributed by atoms with Gasteiger partial charge in [-0.2, -0.15) is 18.4 Å². The largest absolute Gasteiger partial charge is 0.416 e. The molecule has 0 aliphatic heterocycles. The highest BCUT2D eigenvalue weighted by Crippen LogP contribution is 2.31. The summed E-state index contributed by atoms with van der Waals surface area (Å²) in [6.45, 7) is 3.64. The standard InChI is InChI=1S/C20H16F3N3/c1-13-5-15(8-17(7-13)20(21,22)23)11-26-12-16(6-14(2)9-24)18-3-4-25-10-19(18)26/h3-8,10,12H,11H2,1-2H3/b14-6-. The minimum atomic E-state index is -4.38. The van der Waals surface area contributed by atoms with Crippen LogP contribution in [0.3, 0.4) is 0 Å². The molecule has 0 saturated heterocycles. The van der Waals surface area contributed by atoms with Gasteiger partial charge in [0, 0.05) is 35.5 Å². The van der Waals surface area contributed by atoms with Gasteiger partial charge in [0.05, 0.1) is 23.3 Å². The second-order valence-corrected chi connectivity index (χ2v) is 6.25. The number of aryl methyl sites for hydroxylation is 1. The lowest BCUT2D eigenvalue weighted by molar-refractivity contribution is -0.137. The lowest BCUT2D eigenvalue weighted by atomic mass is 10.1. The Balaban J connectivity index is 2.08. The smallest absolute Gasteiger partial charge is 0.341 e. The van der Waals surface area contributed by atoms with Crippen molar-refractivity contribution in [3.63, 3.8) is 0 Å². The zero-order valence-electron chi connectivity index (χ0n) is 14.3. The summed E-state index contributed by atoms with van der Waals surface area (Å²) in [6.07, 6.45) is 2.55. The van der Waals surface area contributed by atoms with Gasteiger partial charge in [-0.15, -0.1) is 0 Å². The molecule has 0 bridgehead atoms. The molecule has 0 saturated carbocycles. The van der Waals surface area contributed by atoms with Crippen LogP contribution in [0.1, 0.15) is 29.2 Å². The van der Waals surface area contributed by atoms with Gasteiger partial charge in [-0.25, -0.2) is 0 Å². The Bertz CT molecular complexity index is 1040. The predicted octanol–water partition coefficient (Wildman–Crippen LogP) is 5.34. The Kier molecular flexibility index (Phi) is 4.56. The fourth-order valence-corrected chi connectivity index (χ4v) is 2.99. The topological polar surface area (TPSA) is 41.6 Å². The molecule has 3 aromatic rings. The molecule has 2 aromatic heterocycles. The van der Waals surface area contributed by atoms with Gasteiger partial charge < -0.3 is 4.57 Å². The molecule has 1 aromatic carbocycles. The third kappa shape index (κ3) is 3.62. The van der Waals surface area contributed by atoms with Gasteiger partial charge in [0.15, 0.2) is 0 Å². The Labute approximate surface area is 149 Å². The number of nitriles is 1. The SMILES string of the molecule is C/C(C#N)=C/c1cn(Cc2cc(C)cc(C(F)(F)F)c2)c2cnccc12. The molecular formula is C20H16F3N3. The number of hydrogen-bond donors (Lipinski definition) is 0. The number of hydrogen-bond acceptors (Lipinski definition) is 2.